The van der Waals surface area contributed by atoms with Crippen molar-refractivity contribution < 1.29 is 9.84 Å². The number of aliphatic hydroxyl groups excluding tert-OH is 1. The van der Waals surface area contributed by atoms with Crippen LogP contribution in [0.2, 0.25) is 0 Å². The van der Waals surface area contributed by atoms with Crippen molar-refractivity contribution in [2.24, 2.45) is 11.8 Å². The standard InChI is InChI=1S/C18H27BrO2/c1-3-4-5-13-6-8-14(9-7-13)18(20)16-11-10-15(21-2)12-17(16)19/h10-14,18,20H,3-9H2,1-2H3. The molecule has 0 radical (unpaired) electrons. The lowest BCUT2D eigenvalue weighted by molar-refractivity contribution is 0.0714. The number of hydrogen-bond donors (Lipinski definition) is 1. The summed E-state index contributed by atoms with van der Waals surface area (Å²) in [6.07, 6.45) is 8.49. The fraction of sp³-hybridized carbons (Fsp3) is 0.667. The number of halogens is 1. The van der Waals surface area contributed by atoms with Gasteiger partial charge in [-0.15, -0.1) is 0 Å². The van der Waals surface area contributed by atoms with E-state index in [1.165, 1.54) is 32.1 Å². The van der Waals surface area contributed by atoms with Gasteiger partial charge < -0.3 is 9.84 Å². The van der Waals surface area contributed by atoms with Crippen LogP contribution in [-0.2, 0) is 0 Å². The summed E-state index contributed by atoms with van der Waals surface area (Å²) in [6, 6.07) is 5.85. The van der Waals surface area contributed by atoms with Crippen molar-refractivity contribution in [3.63, 3.8) is 0 Å². The average Bonchev–Trinajstić information content (AvgIpc) is 2.52. The van der Waals surface area contributed by atoms with Crippen LogP contribution in [0.15, 0.2) is 22.7 Å². The smallest absolute Gasteiger partial charge is 0.120 e. The quantitative estimate of drug-likeness (QED) is 0.731. The molecule has 0 saturated heterocycles. The first-order valence-corrected chi connectivity index (χ1v) is 8.96. The molecule has 2 nitrogen and oxygen atoms in total. The lowest BCUT2D eigenvalue weighted by Crippen LogP contribution is -2.20. The lowest BCUT2D eigenvalue weighted by Gasteiger charge is -2.32. The summed E-state index contributed by atoms with van der Waals surface area (Å²) in [5.41, 5.74) is 0.993. The maximum absolute atomic E-state index is 10.7. The Morgan fingerprint density at radius 2 is 2.00 bits per heavy atom. The summed E-state index contributed by atoms with van der Waals surface area (Å²) in [6.45, 7) is 2.26. The molecule has 118 valence electrons. The Morgan fingerprint density at radius 1 is 1.29 bits per heavy atom. The highest BCUT2D eigenvalue weighted by molar-refractivity contribution is 9.10. The van der Waals surface area contributed by atoms with Crippen LogP contribution < -0.4 is 4.74 Å². The van der Waals surface area contributed by atoms with Gasteiger partial charge in [0.2, 0.25) is 0 Å². The van der Waals surface area contributed by atoms with E-state index in [-0.39, 0.29) is 6.10 Å². The molecular weight excluding hydrogens is 328 g/mol. The number of aliphatic hydroxyl groups is 1. The molecule has 1 aromatic rings. The zero-order valence-corrected chi connectivity index (χ0v) is 14.7. The monoisotopic (exact) mass is 354 g/mol. The third-order valence-corrected chi connectivity index (χ3v) is 5.52. The van der Waals surface area contributed by atoms with Crippen molar-refractivity contribution in [1.82, 2.24) is 0 Å². The number of methoxy groups -OCH3 is 1. The van der Waals surface area contributed by atoms with Crippen molar-refractivity contribution in [2.45, 2.75) is 58.0 Å². The van der Waals surface area contributed by atoms with E-state index >= 15 is 0 Å². The van der Waals surface area contributed by atoms with Gasteiger partial charge in [-0.05, 0) is 42.4 Å². The topological polar surface area (TPSA) is 29.5 Å². The minimum Gasteiger partial charge on any atom is -0.497 e. The molecule has 0 amide bonds. The van der Waals surface area contributed by atoms with Gasteiger partial charge in [-0.25, -0.2) is 0 Å². The van der Waals surface area contributed by atoms with Gasteiger partial charge in [0.15, 0.2) is 0 Å². The van der Waals surface area contributed by atoms with E-state index in [1.54, 1.807) is 7.11 Å². The molecule has 0 bridgehead atoms. The van der Waals surface area contributed by atoms with Crippen LogP contribution in [0.1, 0.15) is 63.5 Å². The third-order valence-electron chi connectivity index (χ3n) is 4.83. The first kappa shape index (κ1) is 16.8. The molecule has 21 heavy (non-hydrogen) atoms. The van der Waals surface area contributed by atoms with E-state index in [9.17, 15) is 5.11 Å². The Balaban J connectivity index is 1.94. The summed E-state index contributed by atoms with van der Waals surface area (Å²) >= 11 is 3.56. The van der Waals surface area contributed by atoms with Gasteiger partial charge >= 0.3 is 0 Å². The molecule has 1 aliphatic rings. The number of benzene rings is 1. The zero-order chi connectivity index (χ0) is 15.2. The third kappa shape index (κ3) is 4.46. The van der Waals surface area contributed by atoms with Crippen molar-refractivity contribution in [1.29, 1.82) is 0 Å². The Kier molecular flexibility index (Phi) is 6.56. The summed E-state index contributed by atoms with van der Waals surface area (Å²) < 4.78 is 6.16. The van der Waals surface area contributed by atoms with Gasteiger partial charge in [0.25, 0.3) is 0 Å². The van der Waals surface area contributed by atoms with Gasteiger partial charge in [0.05, 0.1) is 13.2 Å². The number of hydrogen-bond acceptors (Lipinski definition) is 2. The van der Waals surface area contributed by atoms with Crippen molar-refractivity contribution in [2.75, 3.05) is 7.11 Å². The molecule has 0 aromatic heterocycles. The average molecular weight is 355 g/mol. The Hall–Kier alpha value is -0.540. The Bertz CT molecular complexity index is 439. The predicted octanol–water partition coefficient (Wildman–Crippen LogP) is 5.49. The van der Waals surface area contributed by atoms with Crippen LogP contribution in [0.5, 0.6) is 5.75 Å². The SMILES string of the molecule is CCCCC1CCC(C(O)c2ccc(OC)cc2Br)CC1. The van der Waals surface area contributed by atoms with Crippen LogP contribution in [-0.4, -0.2) is 12.2 Å². The van der Waals surface area contributed by atoms with E-state index in [1.807, 2.05) is 18.2 Å². The summed E-state index contributed by atoms with van der Waals surface area (Å²) in [7, 11) is 1.66. The largest absolute Gasteiger partial charge is 0.497 e. The molecule has 2 rings (SSSR count). The number of ether oxygens (including phenoxy) is 1. The first-order valence-electron chi connectivity index (χ1n) is 8.17. The first-order chi connectivity index (χ1) is 10.2. The molecule has 1 fully saturated rings. The van der Waals surface area contributed by atoms with E-state index < -0.39 is 0 Å². The minimum absolute atomic E-state index is 0.364. The van der Waals surface area contributed by atoms with Crippen LogP contribution in [0, 0.1) is 11.8 Å². The molecule has 1 aromatic carbocycles. The summed E-state index contributed by atoms with van der Waals surface area (Å²) in [5, 5.41) is 10.7. The molecule has 1 aliphatic carbocycles. The fourth-order valence-electron chi connectivity index (χ4n) is 3.41. The van der Waals surface area contributed by atoms with E-state index in [4.69, 9.17) is 4.74 Å². The normalized spacial score (nSPS) is 23.8. The molecule has 1 saturated carbocycles. The molecule has 1 atom stereocenters. The maximum Gasteiger partial charge on any atom is 0.120 e. The van der Waals surface area contributed by atoms with Crippen molar-refractivity contribution >= 4 is 15.9 Å². The zero-order valence-electron chi connectivity index (χ0n) is 13.1. The maximum atomic E-state index is 10.7. The molecule has 0 aliphatic heterocycles. The van der Waals surface area contributed by atoms with E-state index in [2.05, 4.69) is 22.9 Å². The van der Waals surface area contributed by atoms with Crippen LogP contribution in [0.25, 0.3) is 0 Å². The Labute approximate surface area is 137 Å². The molecule has 3 heteroatoms. The van der Waals surface area contributed by atoms with E-state index in [0.29, 0.717) is 5.92 Å². The van der Waals surface area contributed by atoms with Gasteiger partial charge in [0, 0.05) is 4.47 Å². The van der Waals surface area contributed by atoms with E-state index in [0.717, 1.165) is 34.5 Å². The molecule has 1 unspecified atom stereocenters. The molecule has 1 N–H and O–H groups in total. The summed E-state index contributed by atoms with van der Waals surface area (Å²) in [5.74, 6) is 2.10. The minimum atomic E-state index is -0.364. The highest BCUT2D eigenvalue weighted by Crippen LogP contribution is 2.40. The fourth-order valence-corrected chi connectivity index (χ4v) is 4.01. The van der Waals surface area contributed by atoms with Gasteiger partial charge in [-0.3, -0.25) is 0 Å². The number of unbranched alkanes of at least 4 members (excludes halogenated alkanes) is 1. The van der Waals surface area contributed by atoms with Crippen LogP contribution >= 0.6 is 15.9 Å². The van der Waals surface area contributed by atoms with Crippen LogP contribution in [0.4, 0.5) is 0 Å². The predicted molar refractivity (Wildman–Crippen MR) is 90.6 cm³/mol. The molecule has 0 spiro atoms. The highest BCUT2D eigenvalue weighted by atomic mass is 79.9. The highest BCUT2D eigenvalue weighted by Gasteiger charge is 2.28. The van der Waals surface area contributed by atoms with Crippen LogP contribution in [0.3, 0.4) is 0 Å². The van der Waals surface area contributed by atoms with Crippen molar-refractivity contribution in [3.8, 4) is 5.75 Å². The van der Waals surface area contributed by atoms with Gasteiger partial charge in [-0.1, -0.05) is 61.0 Å². The lowest BCUT2D eigenvalue weighted by atomic mass is 9.76. The summed E-state index contributed by atoms with van der Waals surface area (Å²) in [4.78, 5) is 0. The number of rotatable bonds is 6. The molecular formula is C18H27BrO2. The van der Waals surface area contributed by atoms with Gasteiger partial charge in [-0.2, -0.15) is 0 Å². The molecule has 0 heterocycles. The second kappa shape index (κ2) is 8.19. The van der Waals surface area contributed by atoms with Gasteiger partial charge in [0.1, 0.15) is 5.75 Å². The Morgan fingerprint density at radius 3 is 2.57 bits per heavy atom. The second-order valence-corrected chi connectivity index (χ2v) is 7.11. The second-order valence-electron chi connectivity index (χ2n) is 6.26. The van der Waals surface area contributed by atoms with Crippen molar-refractivity contribution in [3.05, 3.63) is 28.2 Å².